The van der Waals surface area contributed by atoms with Gasteiger partial charge in [0.05, 0.1) is 33.9 Å². The third kappa shape index (κ3) is 4.57. The van der Waals surface area contributed by atoms with E-state index < -0.39 is 5.91 Å². The number of nitrogens with zero attached hydrogens (tertiary/aromatic N) is 3. The molecule has 1 aliphatic carbocycles. The van der Waals surface area contributed by atoms with E-state index in [1.807, 2.05) is 38.1 Å². The van der Waals surface area contributed by atoms with Crippen LogP contribution in [0.3, 0.4) is 0 Å². The summed E-state index contributed by atoms with van der Waals surface area (Å²) in [6.07, 6.45) is 2.79. The monoisotopic (exact) mass is 558 g/mol. The van der Waals surface area contributed by atoms with Crippen molar-refractivity contribution in [3.05, 3.63) is 72.4 Å². The Labute approximate surface area is 239 Å². The van der Waals surface area contributed by atoms with Crippen LogP contribution >= 0.6 is 0 Å². The first kappa shape index (κ1) is 28.4. The van der Waals surface area contributed by atoms with Crippen LogP contribution < -0.4 is 5.73 Å². The topological polar surface area (TPSA) is 111 Å². The number of hydrogen-bond donors (Lipinski definition) is 3. The lowest BCUT2D eigenvalue weighted by atomic mass is 10.0. The van der Waals surface area contributed by atoms with Gasteiger partial charge in [-0.2, -0.15) is 0 Å². The summed E-state index contributed by atoms with van der Waals surface area (Å²) in [5, 5.41) is 0.647. The number of para-hydroxylation sites is 2. The number of benzene rings is 2. The van der Waals surface area contributed by atoms with Crippen LogP contribution in [0.25, 0.3) is 27.6 Å². The predicted molar refractivity (Wildman–Crippen MR) is 160 cm³/mol. The molecule has 2 saturated heterocycles. The average Bonchev–Trinajstić information content (AvgIpc) is 3.53. The van der Waals surface area contributed by atoms with E-state index in [1.54, 1.807) is 6.07 Å². The molecule has 1 saturated carbocycles. The molecular weight excluding hydrogens is 519 g/mol. The lowest BCUT2D eigenvalue weighted by Crippen LogP contribution is -2.39. The van der Waals surface area contributed by atoms with E-state index >= 15 is 0 Å². The van der Waals surface area contributed by atoms with Crippen LogP contribution in [0.4, 0.5) is 4.39 Å². The number of rotatable bonds is 6. The molecule has 4 aromatic rings. The number of hydrogen-bond acceptors (Lipinski definition) is 4. The van der Waals surface area contributed by atoms with E-state index in [0.717, 1.165) is 41.9 Å². The van der Waals surface area contributed by atoms with Crippen molar-refractivity contribution in [2.75, 3.05) is 6.54 Å². The number of fused-ring (bicyclic) bond motifs is 2. The summed E-state index contributed by atoms with van der Waals surface area (Å²) in [6.45, 7) is 15.7. The summed E-state index contributed by atoms with van der Waals surface area (Å²) >= 11 is 0. The number of aromatic amines is 2. The third-order valence-electron chi connectivity index (χ3n) is 8.85. The molecule has 3 fully saturated rings. The van der Waals surface area contributed by atoms with E-state index in [9.17, 15) is 14.0 Å². The van der Waals surface area contributed by atoms with Gasteiger partial charge in [0.2, 0.25) is 5.91 Å². The van der Waals surface area contributed by atoms with Gasteiger partial charge in [-0.15, -0.1) is 0 Å². The number of piperazine rings is 1. The predicted octanol–water partition coefficient (Wildman–Crippen LogP) is 5.83. The van der Waals surface area contributed by atoms with Gasteiger partial charge < -0.3 is 25.5 Å². The van der Waals surface area contributed by atoms with Crippen molar-refractivity contribution in [1.29, 1.82) is 0 Å². The highest BCUT2D eigenvalue weighted by Gasteiger charge is 2.90. The first-order valence-electron chi connectivity index (χ1n) is 14.4. The minimum atomic E-state index is -0.545. The number of nitrogens with two attached hydrogens (primary N) is 1. The van der Waals surface area contributed by atoms with Gasteiger partial charge in [-0.05, 0) is 55.7 Å². The number of aromatic nitrogens is 3. The highest BCUT2D eigenvalue weighted by atomic mass is 19.1. The van der Waals surface area contributed by atoms with Crippen LogP contribution in [-0.4, -0.2) is 60.2 Å². The molecule has 0 bridgehead atoms. The van der Waals surface area contributed by atoms with Crippen LogP contribution in [0.15, 0.2) is 55.1 Å². The zero-order valence-corrected chi connectivity index (χ0v) is 24.4. The van der Waals surface area contributed by atoms with Crippen molar-refractivity contribution in [2.24, 2.45) is 11.7 Å². The van der Waals surface area contributed by atoms with E-state index in [2.05, 4.69) is 47.1 Å². The Morgan fingerprint density at radius 3 is 2.54 bits per heavy atom. The number of amides is 2. The maximum Gasteiger partial charge on any atom is 0.265 e. The summed E-state index contributed by atoms with van der Waals surface area (Å²) < 4.78 is 12.7. The summed E-state index contributed by atoms with van der Waals surface area (Å²) in [7, 11) is 0. The largest absolute Gasteiger partial charge is 0.364 e. The van der Waals surface area contributed by atoms with E-state index in [1.165, 1.54) is 18.2 Å². The van der Waals surface area contributed by atoms with Gasteiger partial charge in [-0.3, -0.25) is 9.59 Å². The first-order chi connectivity index (χ1) is 19.6. The number of halogens is 1. The fourth-order valence-electron chi connectivity index (χ4n) is 6.47. The Morgan fingerprint density at radius 2 is 1.90 bits per heavy atom. The van der Waals surface area contributed by atoms with Gasteiger partial charge in [-0.25, -0.2) is 9.37 Å². The number of carbonyl (C=O) groups excluding carboxylic acids is 2. The lowest BCUT2D eigenvalue weighted by Gasteiger charge is -2.26. The van der Waals surface area contributed by atoms with Gasteiger partial charge in [0.15, 0.2) is 5.82 Å². The normalized spacial score (nSPS) is 24.0. The number of primary amides is 1. The second kappa shape index (κ2) is 10.4. The van der Waals surface area contributed by atoms with Gasteiger partial charge in [0, 0.05) is 23.9 Å². The van der Waals surface area contributed by atoms with Gasteiger partial charge >= 0.3 is 0 Å². The molecule has 0 radical (unpaired) electrons. The molecule has 3 aliphatic rings. The van der Waals surface area contributed by atoms with E-state index in [-0.39, 0.29) is 16.9 Å². The van der Waals surface area contributed by atoms with Gasteiger partial charge in [0.25, 0.3) is 5.91 Å². The SMILES string of the molecule is C=C(c1nc2ccccc2[nH]1)N1C23CC2N(C(=O)C[C@@H](C)CC)C[C@@]13C.CC.NC(=O)c1cc2cc(F)ccc2[nH]1. The number of carbonyl (C=O) groups is 2. The fraction of sp³-hybridized carbons (Fsp3) is 0.406. The second-order valence-electron chi connectivity index (χ2n) is 11.3. The molecule has 7 rings (SSSR count). The minimum absolute atomic E-state index is 0.0127. The molecule has 8 nitrogen and oxygen atoms in total. The standard InChI is InChI=1S/C21H26N4O.C9H7FN2O.C2H6/c1-5-13(2)10-18(26)24-12-20(4)21(11-17(21)24)25(20)14(3)19-22-15-8-6-7-9-16(15)23-19;10-6-1-2-7-5(3-6)4-8(12-7)9(11)13;1-2/h6-9,13,17H,3,5,10-12H2,1-2,4H3,(H,22,23);1-4,12H,(H2,11,13);1-2H3/t13-,17?,20+,21?,25?;;/m0../s1. The zero-order chi connectivity index (χ0) is 29.7. The van der Waals surface area contributed by atoms with E-state index in [4.69, 9.17) is 10.7 Å². The van der Waals surface area contributed by atoms with Crippen LogP contribution in [0.1, 0.15) is 70.2 Å². The van der Waals surface area contributed by atoms with Crippen molar-refractivity contribution in [2.45, 2.75) is 71.0 Å². The molecule has 2 aromatic carbocycles. The Kier molecular flexibility index (Phi) is 7.17. The molecule has 216 valence electrons. The van der Waals surface area contributed by atoms with Crippen molar-refractivity contribution >= 4 is 39.4 Å². The molecular formula is C32H39FN6O2. The number of imidazole rings is 1. The van der Waals surface area contributed by atoms with Crippen molar-refractivity contribution in [3.8, 4) is 0 Å². The smallest absolute Gasteiger partial charge is 0.265 e. The number of H-pyrrole nitrogens is 2. The molecule has 4 N–H and O–H groups in total. The fourth-order valence-corrected chi connectivity index (χ4v) is 6.47. The Bertz CT molecular complexity index is 1600. The number of likely N-dealkylation sites (tertiary alicyclic amines) is 1. The molecule has 1 spiro atoms. The van der Waals surface area contributed by atoms with Crippen molar-refractivity contribution in [3.63, 3.8) is 0 Å². The molecule has 2 aliphatic heterocycles. The quantitative estimate of drug-likeness (QED) is 0.259. The average molecular weight is 559 g/mol. The molecule has 4 heterocycles. The van der Waals surface area contributed by atoms with Crippen LogP contribution in [-0.2, 0) is 4.79 Å². The highest BCUT2D eigenvalue weighted by Crippen LogP contribution is 2.75. The van der Waals surface area contributed by atoms with Crippen LogP contribution in [0.2, 0.25) is 0 Å². The molecule has 4 atom stereocenters. The van der Waals surface area contributed by atoms with Crippen LogP contribution in [0.5, 0.6) is 0 Å². The maximum absolute atomic E-state index is 12.7. The Morgan fingerprint density at radius 1 is 1.17 bits per heavy atom. The van der Waals surface area contributed by atoms with Gasteiger partial charge in [0.1, 0.15) is 11.5 Å². The lowest BCUT2D eigenvalue weighted by molar-refractivity contribution is -0.132. The Balaban J connectivity index is 0.000000189. The number of piperidine rings is 1. The first-order valence-corrected chi connectivity index (χ1v) is 14.4. The number of nitrogens with one attached hydrogen (secondary N) is 2. The molecule has 2 unspecified atom stereocenters. The summed E-state index contributed by atoms with van der Waals surface area (Å²) in [4.78, 5) is 38.9. The second-order valence-corrected chi connectivity index (χ2v) is 11.3. The van der Waals surface area contributed by atoms with Gasteiger partial charge in [-0.1, -0.05) is 52.8 Å². The van der Waals surface area contributed by atoms with Crippen LogP contribution in [0, 0.1) is 11.7 Å². The van der Waals surface area contributed by atoms with Crippen molar-refractivity contribution in [1.82, 2.24) is 24.8 Å². The van der Waals surface area contributed by atoms with Crippen molar-refractivity contribution < 1.29 is 14.0 Å². The molecule has 2 aromatic heterocycles. The van der Waals surface area contributed by atoms with E-state index in [0.29, 0.717) is 40.9 Å². The highest BCUT2D eigenvalue weighted by molar-refractivity contribution is 5.97. The summed E-state index contributed by atoms with van der Waals surface area (Å²) in [5.41, 5.74) is 9.13. The molecule has 2 amide bonds. The molecule has 41 heavy (non-hydrogen) atoms. The Hall–Kier alpha value is -4.14. The maximum atomic E-state index is 12.7. The minimum Gasteiger partial charge on any atom is -0.364 e. The third-order valence-corrected chi connectivity index (χ3v) is 8.85. The summed E-state index contributed by atoms with van der Waals surface area (Å²) in [5.74, 6) is 0.756. The molecule has 9 heteroatoms. The summed E-state index contributed by atoms with van der Waals surface area (Å²) in [6, 6.07) is 14.2. The zero-order valence-electron chi connectivity index (χ0n) is 24.4.